The highest BCUT2D eigenvalue weighted by Crippen LogP contribution is 2.34. The van der Waals surface area contributed by atoms with E-state index in [4.69, 9.17) is 4.74 Å². The molecule has 0 unspecified atom stereocenters. The highest BCUT2D eigenvalue weighted by atomic mass is 19.4. The molecule has 38 heavy (non-hydrogen) atoms. The molecule has 1 amide bonds. The van der Waals surface area contributed by atoms with Crippen LogP contribution in [0.1, 0.15) is 42.4 Å². The minimum atomic E-state index is -4.41. The molecule has 1 N–H and O–H groups in total. The van der Waals surface area contributed by atoms with Crippen LogP contribution in [-0.2, 0) is 21.9 Å². The lowest BCUT2D eigenvalue weighted by atomic mass is 10.0. The van der Waals surface area contributed by atoms with Gasteiger partial charge in [-0.25, -0.2) is 0 Å². The van der Waals surface area contributed by atoms with Crippen LogP contribution in [0.5, 0.6) is 0 Å². The quantitative estimate of drug-likeness (QED) is 0.446. The van der Waals surface area contributed by atoms with E-state index in [1.165, 1.54) is 25.1 Å². The predicted octanol–water partition coefficient (Wildman–Crippen LogP) is 6.12. The standard InChI is InChI=1S/C27H31F6N3O2/c1-18-2-5-21(16-24(18)27(31,32)33)34-20-8-12-36(13-9-20)25(37)17-38-23-10-14-35(15-11-23)22-6-3-19(4-7-22)26(28,29)30/h2-7,16,20,23,34H,8-15,17H2,1H3. The number of hydrogen-bond donors (Lipinski definition) is 1. The predicted molar refractivity (Wildman–Crippen MR) is 132 cm³/mol. The van der Waals surface area contributed by atoms with Gasteiger partial charge in [-0.3, -0.25) is 4.79 Å². The maximum Gasteiger partial charge on any atom is 0.416 e. The number of hydrogen-bond acceptors (Lipinski definition) is 4. The Morgan fingerprint density at radius 3 is 2.11 bits per heavy atom. The van der Waals surface area contributed by atoms with Crippen molar-refractivity contribution in [1.29, 1.82) is 0 Å². The van der Waals surface area contributed by atoms with E-state index in [0.29, 0.717) is 57.5 Å². The van der Waals surface area contributed by atoms with E-state index < -0.39 is 23.5 Å². The summed E-state index contributed by atoms with van der Waals surface area (Å²) in [4.78, 5) is 16.4. The van der Waals surface area contributed by atoms with Crippen molar-refractivity contribution in [2.45, 2.75) is 57.1 Å². The average molecular weight is 544 g/mol. The Labute approximate surface area is 217 Å². The molecule has 2 fully saturated rings. The summed E-state index contributed by atoms with van der Waals surface area (Å²) < 4.78 is 83.7. The van der Waals surface area contributed by atoms with Gasteiger partial charge in [-0.2, -0.15) is 26.3 Å². The van der Waals surface area contributed by atoms with Crippen molar-refractivity contribution in [2.24, 2.45) is 0 Å². The molecular formula is C27H31F6N3O2. The van der Waals surface area contributed by atoms with Gasteiger partial charge < -0.3 is 19.9 Å². The SMILES string of the molecule is Cc1ccc(NC2CCN(C(=O)COC3CCN(c4ccc(C(F)(F)F)cc4)CC3)CC2)cc1C(F)(F)F. The zero-order valence-corrected chi connectivity index (χ0v) is 21.0. The maximum atomic E-state index is 13.2. The first kappa shape index (κ1) is 28.1. The minimum absolute atomic E-state index is 0.0294. The topological polar surface area (TPSA) is 44.8 Å². The van der Waals surface area contributed by atoms with Crippen LogP contribution >= 0.6 is 0 Å². The van der Waals surface area contributed by atoms with Crippen LogP contribution in [0.15, 0.2) is 42.5 Å². The Balaban J connectivity index is 1.17. The second kappa shape index (κ2) is 11.4. The lowest BCUT2D eigenvalue weighted by Gasteiger charge is -2.35. The molecule has 2 heterocycles. The molecule has 11 heteroatoms. The Morgan fingerprint density at radius 2 is 1.53 bits per heavy atom. The number of aryl methyl sites for hydroxylation is 1. The van der Waals surface area contributed by atoms with Crippen LogP contribution < -0.4 is 10.2 Å². The molecule has 4 rings (SSSR count). The Bertz CT molecular complexity index is 1090. The van der Waals surface area contributed by atoms with Crippen molar-refractivity contribution >= 4 is 17.3 Å². The third-order valence-corrected chi connectivity index (χ3v) is 7.21. The zero-order chi connectivity index (χ0) is 27.5. The van der Waals surface area contributed by atoms with E-state index in [0.717, 1.165) is 23.9 Å². The molecule has 0 radical (unpaired) electrons. The third-order valence-electron chi connectivity index (χ3n) is 7.21. The van der Waals surface area contributed by atoms with Crippen LogP contribution in [0.4, 0.5) is 37.7 Å². The fourth-order valence-corrected chi connectivity index (χ4v) is 4.95. The second-order valence-electron chi connectivity index (χ2n) is 9.87. The van der Waals surface area contributed by atoms with Crippen LogP contribution in [0.3, 0.4) is 0 Å². The van der Waals surface area contributed by atoms with E-state index in [9.17, 15) is 31.1 Å². The van der Waals surface area contributed by atoms with Gasteiger partial charge in [0.15, 0.2) is 0 Å². The molecule has 208 valence electrons. The molecule has 0 aromatic heterocycles. The van der Waals surface area contributed by atoms with Gasteiger partial charge in [0.05, 0.1) is 17.2 Å². The van der Waals surface area contributed by atoms with Crippen molar-refractivity contribution in [3.8, 4) is 0 Å². The molecule has 2 saturated heterocycles. The Morgan fingerprint density at radius 1 is 0.895 bits per heavy atom. The summed E-state index contributed by atoms with van der Waals surface area (Å²) in [6, 6.07) is 9.29. The summed E-state index contributed by atoms with van der Waals surface area (Å²) in [6.07, 6.45) is -6.31. The van der Waals surface area contributed by atoms with E-state index in [1.54, 1.807) is 11.0 Å². The molecule has 0 bridgehead atoms. The van der Waals surface area contributed by atoms with Gasteiger partial charge in [0.2, 0.25) is 5.91 Å². The number of amides is 1. The van der Waals surface area contributed by atoms with Crippen molar-refractivity contribution < 1.29 is 35.9 Å². The smallest absolute Gasteiger partial charge is 0.382 e. The Kier molecular flexibility index (Phi) is 8.44. The first-order chi connectivity index (χ1) is 17.9. The van der Waals surface area contributed by atoms with Crippen LogP contribution in [0, 0.1) is 6.92 Å². The molecule has 0 atom stereocenters. The van der Waals surface area contributed by atoms with E-state index in [1.807, 2.05) is 4.90 Å². The number of ether oxygens (including phenoxy) is 1. The zero-order valence-electron chi connectivity index (χ0n) is 21.0. The second-order valence-corrected chi connectivity index (χ2v) is 9.87. The molecule has 5 nitrogen and oxygen atoms in total. The van der Waals surface area contributed by atoms with Crippen molar-refractivity contribution in [2.75, 3.05) is 43.0 Å². The molecule has 2 aromatic rings. The molecule has 2 aliphatic rings. The lowest BCUT2D eigenvalue weighted by Crippen LogP contribution is -2.45. The van der Waals surface area contributed by atoms with E-state index in [-0.39, 0.29) is 30.2 Å². The number of piperidine rings is 2. The van der Waals surface area contributed by atoms with E-state index in [2.05, 4.69) is 5.32 Å². The van der Waals surface area contributed by atoms with Gasteiger partial charge in [-0.05, 0) is 74.6 Å². The maximum absolute atomic E-state index is 13.2. The number of alkyl halides is 6. The number of benzene rings is 2. The lowest BCUT2D eigenvalue weighted by molar-refractivity contribution is -0.140. The summed E-state index contributed by atoms with van der Waals surface area (Å²) in [5, 5.41) is 3.16. The van der Waals surface area contributed by atoms with Gasteiger partial charge in [0.25, 0.3) is 0 Å². The highest BCUT2D eigenvalue weighted by Gasteiger charge is 2.33. The monoisotopic (exact) mass is 543 g/mol. The van der Waals surface area contributed by atoms with Gasteiger partial charge in [0, 0.05) is 43.6 Å². The molecule has 2 aliphatic heterocycles. The average Bonchev–Trinajstić information content (AvgIpc) is 2.88. The normalized spacial score (nSPS) is 18.1. The minimum Gasteiger partial charge on any atom is -0.382 e. The Hall–Kier alpha value is -2.95. The number of anilines is 2. The summed E-state index contributed by atoms with van der Waals surface area (Å²) in [5.74, 6) is -0.122. The first-order valence-corrected chi connectivity index (χ1v) is 12.7. The summed E-state index contributed by atoms with van der Waals surface area (Å²) >= 11 is 0. The van der Waals surface area contributed by atoms with Crippen LogP contribution in [-0.4, -0.2) is 55.7 Å². The van der Waals surface area contributed by atoms with E-state index >= 15 is 0 Å². The molecule has 0 saturated carbocycles. The number of nitrogens with zero attached hydrogens (tertiary/aromatic N) is 2. The summed E-state index contributed by atoms with van der Waals surface area (Å²) in [5.41, 5.74) is -0.0160. The molecule has 0 aliphatic carbocycles. The number of rotatable bonds is 6. The van der Waals surface area contributed by atoms with Crippen molar-refractivity contribution in [3.05, 3.63) is 59.2 Å². The molecule has 2 aromatic carbocycles. The van der Waals surface area contributed by atoms with Gasteiger partial charge in [-0.15, -0.1) is 0 Å². The number of likely N-dealkylation sites (tertiary alicyclic amines) is 1. The largest absolute Gasteiger partial charge is 0.416 e. The molecule has 0 spiro atoms. The van der Waals surface area contributed by atoms with Crippen LogP contribution in [0.2, 0.25) is 0 Å². The van der Waals surface area contributed by atoms with Gasteiger partial charge in [-0.1, -0.05) is 6.07 Å². The fraction of sp³-hybridized carbons (Fsp3) is 0.519. The number of halogens is 6. The number of nitrogens with one attached hydrogen (secondary N) is 1. The van der Waals surface area contributed by atoms with Gasteiger partial charge in [0.1, 0.15) is 6.61 Å². The van der Waals surface area contributed by atoms with Crippen LogP contribution in [0.25, 0.3) is 0 Å². The number of carbonyl (C=O) groups excluding carboxylic acids is 1. The highest BCUT2D eigenvalue weighted by molar-refractivity contribution is 5.77. The van der Waals surface area contributed by atoms with Crippen molar-refractivity contribution in [3.63, 3.8) is 0 Å². The summed E-state index contributed by atoms with van der Waals surface area (Å²) in [6.45, 7) is 3.61. The molecular weight excluding hydrogens is 512 g/mol. The fourth-order valence-electron chi connectivity index (χ4n) is 4.95. The van der Waals surface area contributed by atoms with Crippen molar-refractivity contribution in [1.82, 2.24) is 4.90 Å². The third kappa shape index (κ3) is 7.12. The van der Waals surface area contributed by atoms with Gasteiger partial charge >= 0.3 is 12.4 Å². The first-order valence-electron chi connectivity index (χ1n) is 12.7. The summed E-state index contributed by atoms with van der Waals surface area (Å²) in [7, 11) is 0. The number of carbonyl (C=O) groups is 1.